The van der Waals surface area contributed by atoms with Gasteiger partial charge >= 0.3 is 5.97 Å². The molecule has 0 radical (unpaired) electrons. The summed E-state index contributed by atoms with van der Waals surface area (Å²) in [4.78, 5) is 20.1. The summed E-state index contributed by atoms with van der Waals surface area (Å²) >= 11 is 0. The summed E-state index contributed by atoms with van der Waals surface area (Å²) in [5.41, 5.74) is 0.662. The number of nitro benzene ring substituents is 1. The number of carboxylic acids is 1. The molecule has 1 aromatic carbocycles. The summed E-state index contributed by atoms with van der Waals surface area (Å²) in [7, 11) is 0. The molecule has 0 saturated carbocycles. The molecule has 1 rings (SSSR count). The van der Waals surface area contributed by atoms with Crippen LogP contribution in [0.2, 0.25) is 0 Å². The van der Waals surface area contributed by atoms with E-state index in [-0.39, 0.29) is 12.1 Å². The number of nitrogens with zero attached hydrogens (tertiary/aromatic N) is 1. The second-order valence-corrected chi connectivity index (χ2v) is 2.82. The fourth-order valence-corrected chi connectivity index (χ4v) is 1.08. The number of nitro groups is 1. The monoisotopic (exact) mass is 225 g/mol. The Bertz CT molecular complexity index is 363. The van der Waals surface area contributed by atoms with E-state index in [4.69, 9.17) is 5.11 Å². The van der Waals surface area contributed by atoms with Gasteiger partial charge in [-0.15, -0.1) is 0 Å². The van der Waals surface area contributed by atoms with Crippen molar-refractivity contribution in [2.24, 2.45) is 0 Å². The predicted octanol–water partition coefficient (Wildman–Crippen LogP) is 2.64. The Balaban J connectivity index is 0.00000106. The first kappa shape index (κ1) is 14.1. The van der Waals surface area contributed by atoms with Crippen molar-refractivity contribution in [3.63, 3.8) is 0 Å². The maximum atomic E-state index is 10.4. The van der Waals surface area contributed by atoms with Crippen LogP contribution >= 0.6 is 0 Å². The average molecular weight is 225 g/mol. The van der Waals surface area contributed by atoms with Gasteiger partial charge in [0.15, 0.2) is 0 Å². The van der Waals surface area contributed by atoms with Crippen molar-refractivity contribution in [1.82, 2.24) is 0 Å². The second-order valence-electron chi connectivity index (χ2n) is 2.82. The van der Waals surface area contributed by atoms with E-state index in [0.717, 1.165) is 0 Å². The third kappa shape index (κ3) is 5.09. The molecule has 0 heterocycles. The lowest BCUT2D eigenvalue weighted by atomic mass is 10.1. The summed E-state index contributed by atoms with van der Waals surface area (Å²) in [6.45, 7) is 4.00. The molecule has 1 N–H and O–H groups in total. The first-order valence-corrected chi connectivity index (χ1v) is 5.04. The number of aryl methyl sites for hydroxylation is 1. The van der Waals surface area contributed by atoms with Gasteiger partial charge in [-0.1, -0.05) is 26.0 Å². The zero-order valence-corrected chi connectivity index (χ0v) is 9.34. The normalized spacial score (nSPS) is 8.88. The standard InChI is InChI=1S/C9H9NO4.C2H6/c11-9(12)5-4-7-2-1-3-8(6-7)10(13)14;1-2/h1-3,6H,4-5H2,(H,11,12);1-2H3. The van der Waals surface area contributed by atoms with Crippen molar-refractivity contribution < 1.29 is 14.8 Å². The zero-order valence-electron chi connectivity index (χ0n) is 9.34. The van der Waals surface area contributed by atoms with Crippen LogP contribution in [0.15, 0.2) is 24.3 Å². The van der Waals surface area contributed by atoms with E-state index in [9.17, 15) is 14.9 Å². The van der Waals surface area contributed by atoms with Gasteiger partial charge in [-0.05, 0) is 12.0 Å². The molecular weight excluding hydrogens is 210 g/mol. The second kappa shape index (κ2) is 7.39. The van der Waals surface area contributed by atoms with Gasteiger partial charge in [0, 0.05) is 18.6 Å². The number of carboxylic acid groups (broad SMARTS) is 1. The Labute approximate surface area is 93.9 Å². The van der Waals surface area contributed by atoms with Gasteiger partial charge in [0.2, 0.25) is 0 Å². The van der Waals surface area contributed by atoms with Crippen molar-refractivity contribution in [2.45, 2.75) is 26.7 Å². The molecule has 0 unspecified atom stereocenters. The predicted molar refractivity (Wildman–Crippen MR) is 60.4 cm³/mol. The SMILES string of the molecule is CC.O=C(O)CCc1cccc([N+](=O)[O-])c1. The Morgan fingerprint density at radius 2 is 2.06 bits per heavy atom. The van der Waals surface area contributed by atoms with Gasteiger partial charge < -0.3 is 5.11 Å². The van der Waals surface area contributed by atoms with Crippen LogP contribution < -0.4 is 0 Å². The lowest BCUT2D eigenvalue weighted by Crippen LogP contribution is -1.98. The van der Waals surface area contributed by atoms with Crippen LogP contribution in [0.1, 0.15) is 25.8 Å². The van der Waals surface area contributed by atoms with Crippen LogP contribution in [0.4, 0.5) is 5.69 Å². The van der Waals surface area contributed by atoms with Gasteiger partial charge in [-0.25, -0.2) is 0 Å². The van der Waals surface area contributed by atoms with Gasteiger partial charge in [0.25, 0.3) is 5.69 Å². The maximum Gasteiger partial charge on any atom is 0.303 e. The highest BCUT2D eigenvalue weighted by atomic mass is 16.6. The lowest BCUT2D eigenvalue weighted by Gasteiger charge is -1.97. The van der Waals surface area contributed by atoms with Gasteiger partial charge in [-0.2, -0.15) is 0 Å². The molecule has 0 amide bonds. The number of hydrogen-bond acceptors (Lipinski definition) is 3. The van der Waals surface area contributed by atoms with E-state index in [1.807, 2.05) is 13.8 Å². The molecule has 0 saturated heterocycles. The molecule has 1 aromatic rings. The molecule has 0 aliphatic heterocycles. The number of hydrogen-bond donors (Lipinski definition) is 1. The number of aliphatic carboxylic acids is 1. The van der Waals surface area contributed by atoms with Crippen molar-refractivity contribution >= 4 is 11.7 Å². The topological polar surface area (TPSA) is 80.4 Å². The van der Waals surface area contributed by atoms with Gasteiger partial charge in [-0.3, -0.25) is 14.9 Å². The van der Waals surface area contributed by atoms with Crippen LogP contribution in [0.5, 0.6) is 0 Å². The number of benzene rings is 1. The molecule has 0 aromatic heterocycles. The summed E-state index contributed by atoms with van der Waals surface area (Å²) in [5.74, 6) is -0.906. The zero-order chi connectivity index (χ0) is 12.6. The third-order valence-electron chi connectivity index (χ3n) is 1.75. The largest absolute Gasteiger partial charge is 0.481 e. The summed E-state index contributed by atoms with van der Waals surface area (Å²) in [6, 6.07) is 6.00. The fraction of sp³-hybridized carbons (Fsp3) is 0.364. The summed E-state index contributed by atoms with van der Waals surface area (Å²) in [6.07, 6.45) is 0.304. The first-order valence-electron chi connectivity index (χ1n) is 5.04. The minimum atomic E-state index is -0.906. The minimum Gasteiger partial charge on any atom is -0.481 e. The smallest absolute Gasteiger partial charge is 0.303 e. The van der Waals surface area contributed by atoms with Crippen molar-refractivity contribution in [2.75, 3.05) is 0 Å². The maximum absolute atomic E-state index is 10.4. The van der Waals surface area contributed by atoms with Crippen molar-refractivity contribution in [3.05, 3.63) is 39.9 Å². The molecule has 0 bridgehead atoms. The third-order valence-corrected chi connectivity index (χ3v) is 1.75. The van der Waals surface area contributed by atoms with E-state index in [1.165, 1.54) is 12.1 Å². The highest BCUT2D eigenvalue weighted by Gasteiger charge is 2.06. The van der Waals surface area contributed by atoms with E-state index in [0.29, 0.717) is 12.0 Å². The molecular formula is C11H15NO4. The van der Waals surface area contributed by atoms with Crippen molar-refractivity contribution in [1.29, 1.82) is 0 Å². The summed E-state index contributed by atoms with van der Waals surface area (Å²) in [5, 5.41) is 18.8. The Morgan fingerprint density at radius 1 is 1.44 bits per heavy atom. The van der Waals surface area contributed by atoms with Crippen LogP contribution in [-0.4, -0.2) is 16.0 Å². The molecule has 0 atom stereocenters. The first-order chi connectivity index (χ1) is 7.59. The average Bonchev–Trinajstić information content (AvgIpc) is 2.29. The summed E-state index contributed by atoms with van der Waals surface area (Å²) < 4.78 is 0. The van der Waals surface area contributed by atoms with Crippen molar-refractivity contribution in [3.8, 4) is 0 Å². The Kier molecular flexibility index (Phi) is 6.51. The van der Waals surface area contributed by atoms with Gasteiger partial charge in [0.1, 0.15) is 0 Å². The van der Waals surface area contributed by atoms with Crippen LogP contribution in [0, 0.1) is 10.1 Å². The molecule has 5 heteroatoms. The Morgan fingerprint density at radius 3 is 2.56 bits per heavy atom. The quantitative estimate of drug-likeness (QED) is 0.630. The molecule has 0 spiro atoms. The highest BCUT2D eigenvalue weighted by molar-refractivity contribution is 5.67. The molecule has 16 heavy (non-hydrogen) atoms. The van der Waals surface area contributed by atoms with Crippen LogP contribution in [0.25, 0.3) is 0 Å². The number of non-ortho nitro benzene ring substituents is 1. The van der Waals surface area contributed by atoms with Crippen LogP contribution in [0.3, 0.4) is 0 Å². The minimum absolute atomic E-state index is 0.00658. The number of rotatable bonds is 4. The molecule has 0 aliphatic carbocycles. The molecule has 88 valence electrons. The molecule has 5 nitrogen and oxygen atoms in total. The number of carbonyl (C=O) groups is 1. The Hall–Kier alpha value is -1.91. The van der Waals surface area contributed by atoms with Gasteiger partial charge in [0.05, 0.1) is 4.92 Å². The van der Waals surface area contributed by atoms with E-state index in [1.54, 1.807) is 12.1 Å². The van der Waals surface area contributed by atoms with E-state index in [2.05, 4.69) is 0 Å². The molecule has 0 aliphatic rings. The lowest BCUT2D eigenvalue weighted by molar-refractivity contribution is -0.384. The molecule has 0 fully saturated rings. The fourth-order valence-electron chi connectivity index (χ4n) is 1.08. The highest BCUT2D eigenvalue weighted by Crippen LogP contribution is 2.14. The van der Waals surface area contributed by atoms with E-state index >= 15 is 0 Å². The van der Waals surface area contributed by atoms with E-state index < -0.39 is 10.9 Å². The van der Waals surface area contributed by atoms with Crippen LogP contribution in [-0.2, 0) is 11.2 Å².